The maximum Gasteiger partial charge on any atom is 0.294 e. The topological polar surface area (TPSA) is 62.3 Å². The van der Waals surface area contributed by atoms with Crippen molar-refractivity contribution in [2.45, 2.75) is 19.9 Å². The lowest BCUT2D eigenvalue weighted by molar-refractivity contribution is -0.132. The minimum Gasteiger partial charge on any atom is -0.497 e. The van der Waals surface area contributed by atoms with E-state index in [9.17, 15) is 9.59 Å². The fraction of sp³-hybridized carbons (Fsp3) is 0.267. The van der Waals surface area contributed by atoms with Gasteiger partial charge in [0.25, 0.3) is 5.91 Å². The number of fused-ring (bicyclic) bond motifs is 1. The number of anilines is 2. The molecule has 2 heterocycles. The predicted octanol–water partition coefficient (Wildman–Crippen LogP) is 4.51. The lowest BCUT2D eigenvalue weighted by Crippen LogP contribution is -2.56. The number of carbonyl (C=O) groups excluding carboxylic acids is 2. The van der Waals surface area contributed by atoms with E-state index in [2.05, 4.69) is 43.0 Å². The third-order valence-electron chi connectivity index (χ3n) is 6.85. The smallest absolute Gasteiger partial charge is 0.294 e. The van der Waals surface area contributed by atoms with Crippen LogP contribution in [0.25, 0.3) is 6.08 Å². The fourth-order valence-electron chi connectivity index (χ4n) is 4.88. The molecule has 0 saturated carbocycles. The van der Waals surface area contributed by atoms with Crippen LogP contribution in [-0.4, -0.2) is 56.0 Å². The Hall–Kier alpha value is -4.26. The summed E-state index contributed by atoms with van der Waals surface area (Å²) in [4.78, 5) is 32.6. The Morgan fingerprint density at radius 3 is 2.57 bits per heavy atom. The number of rotatable bonds is 5. The molecule has 3 aromatic carbocycles. The van der Waals surface area contributed by atoms with E-state index in [1.165, 1.54) is 16.2 Å². The first kappa shape index (κ1) is 24.4. The molecular weight excluding hydrogens is 466 g/mol. The molecule has 0 unspecified atom stereocenters. The van der Waals surface area contributed by atoms with Crippen molar-refractivity contribution in [3.8, 4) is 11.5 Å². The summed E-state index contributed by atoms with van der Waals surface area (Å²) in [7, 11) is 1.61. The van der Waals surface area contributed by atoms with Gasteiger partial charge in [0.2, 0.25) is 5.91 Å². The number of benzene rings is 3. The van der Waals surface area contributed by atoms with E-state index in [4.69, 9.17) is 9.47 Å². The summed E-state index contributed by atoms with van der Waals surface area (Å²) in [5, 5.41) is 0. The maximum absolute atomic E-state index is 13.5. The molecule has 0 N–H and O–H groups in total. The van der Waals surface area contributed by atoms with Crippen LogP contribution in [0.3, 0.4) is 0 Å². The number of aryl methyl sites for hydroxylation is 1. The minimum atomic E-state index is -0.339. The Balaban J connectivity index is 1.33. The standard InChI is InChI=1S/C30H31N3O4/c1-21-7-6-8-24(17-21)32-16-15-31(19-22(32)2)29(34)20-33-26-9-4-5-10-27(26)37-28(30(33)35)18-23-11-13-25(36-3)14-12-23/h4-14,17-18,22H,15-16,19-20H2,1-3H3/b28-18+/t22-/m0/s1. The molecule has 37 heavy (non-hydrogen) atoms. The molecule has 2 amide bonds. The van der Waals surface area contributed by atoms with Crippen LogP contribution >= 0.6 is 0 Å². The highest BCUT2D eigenvalue weighted by Gasteiger charge is 2.34. The third kappa shape index (κ3) is 5.16. The van der Waals surface area contributed by atoms with E-state index in [1.807, 2.05) is 53.4 Å². The minimum absolute atomic E-state index is 0.0453. The maximum atomic E-state index is 13.5. The molecule has 0 bridgehead atoms. The summed E-state index contributed by atoms with van der Waals surface area (Å²) in [6.07, 6.45) is 1.69. The quantitative estimate of drug-likeness (QED) is 0.486. The highest BCUT2D eigenvalue weighted by molar-refractivity contribution is 6.12. The van der Waals surface area contributed by atoms with Crippen molar-refractivity contribution >= 4 is 29.3 Å². The molecule has 5 rings (SSSR count). The van der Waals surface area contributed by atoms with Crippen molar-refractivity contribution in [3.05, 3.63) is 89.7 Å². The van der Waals surface area contributed by atoms with Crippen LogP contribution in [0, 0.1) is 6.92 Å². The van der Waals surface area contributed by atoms with E-state index in [-0.39, 0.29) is 30.2 Å². The number of amides is 2. The SMILES string of the molecule is COc1ccc(/C=C2/Oc3ccccc3N(CC(=O)N3CCN(c4cccc(C)c4)[C@@H](C)C3)C2=O)cc1. The highest BCUT2D eigenvalue weighted by Crippen LogP contribution is 2.35. The monoisotopic (exact) mass is 497 g/mol. The molecule has 2 aliphatic rings. The molecule has 0 aromatic heterocycles. The first-order valence-corrected chi connectivity index (χ1v) is 12.5. The average molecular weight is 498 g/mol. The average Bonchev–Trinajstić information content (AvgIpc) is 2.91. The molecular formula is C30H31N3O4. The molecule has 190 valence electrons. The zero-order valence-electron chi connectivity index (χ0n) is 21.4. The van der Waals surface area contributed by atoms with Gasteiger partial charge >= 0.3 is 0 Å². The van der Waals surface area contributed by atoms with Gasteiger partial charge in [-0.05, 0) is 67.4 Å². The normalized spacial score (nSPS) is 18.5. The van der Waals surface area contributed by atoms with Gasteiger partial charge in [0.1, 0.15) is 12.3 Å². The van der Waals surface area contributed by atoms with Crippen LogP contribution in [0.4, 0.5) is 11.4 Å². The molecule has 0 spiro atoms. The third-order valence-corrected chi connectivity index (χ3v) is 6.85. The fourth-order valence-corrected chi connectivity index (χ4v) is 4.88. The number of hydrogen-bond acceptors (Lipinski definition) is 5. The van der Waals surface area contributed by atoms with Crippen molar-refractivity contribution < 1.29 is 19.1 Å². The van der Waals surface area contributed by atoms with Gasteiger partial charge in [-0.3, -0.25) is 14.5 Å². The Labute approximate surface area is 217 Å². The van der Waals surface area contributed by atoms with Gasteiger partial charge in [-0.2, -0.15) is 0 Å². The van der Waals surface area contributed by atoms with Crippen molar-refractivity contribution in [2.75, 3.05) is 43.1 Å². The molecule has 7 heteroatoms. The molecule has 0 radical (unpaired) electrons. The van der Waals surface area contributed by atoms with Crippen LogP contribution < -0.4 is 19.3 Å². The predicted molar refractivity (Wildman–Crippen MR) is 145 cm³/mol. The van der Waals surface area contributed by atoms with E-state index >= 15 is 0 Å². The number of nitrogens with zero attached hydrogens (tertiary/aromatic N) is 3. The molecule has 7 nitrogen and oxygen atoms in total. The number of para-hydroxylation sites is 2. The van der Waals surface area contributed by atoms with Crippen molar-refractivity contribution in [3.63, 3.8) is 0 Å². The summed E-state index contributed by atoms with van der Waals surface area (Å²) >= 11 is 0. The molecule has 0 aliphatic carbocycles. The summed E-state index contributed by atoms with van der Waals surface area (Å²) in [6, 6.07) is 23.3. The lowest BCUT2D eigenvalue weighted by atomic mass is 10.1. The van der Waals surface area contributed by atoms with Gasteiger partial charge < -0.3 is 19.3 Å². The number of hydrogen-bond donors (Lipinski definition) is 0. The lowest BCUT2D eigenvalue weighted by Gasteiger charge is -2.42. The van der Waals surface area contributed by atoms with Crippen molar-refractivity contribution in [2.24, 2.45) is 0 Å². The Morgan fingerprint density at radius 2 is 1.84 bits per heavy atom. The van der Waals surface area contributed by atoms with Gasteiger partial charge in [0, 0.05) is 31.4 Å². The van der Waals surface area contributed by atoms with E-state index in [0.717, 1.165) is 17.9 Å². The van der Waals surface area contributed by atoms with Gasteiger partial charge in [0.15, 0.2) is 11.5 Å². The molecule has 2 aliphatic heterocycles. The molecule has 3 aromatic rings. The number of methoxy groups -OCH3 is 1. The Morgan fingerprint density at radius 1 is 1.05 bits per heavy atom. The molecule has 1 atom stereocenters. The number of carbonyl (C=O) groups is 2. The summed E-state index contributed by atoms with van der Waals surface area (Å²) < 4.78 is 11.2. The number of ether oxygens (including phenoxy) is 2. The van der Waals surface area contributed by atoms with Crippen molar-refractivity contribution in [1.82, 2.24) is 4.90 Å². The van der Waals surface area contributed by atoms with Gasteiger partial charge in [-0.25, -0.2) is 0 Å². The van der Waals surface area contributed by atoms with Crippen LogP contribution in [0.15, 0.2) is 78.6 Å². The molecule has 1 saturated heterocycles. The second kappa shape index (κ2) is 10.4. The first-order valence-electron chi connectivity index (χ1n) is 12.5. The van der Waals surface area contributed by atoms with Gasteiger partial charge in [-0.15, -0.1) is 0 Å². The highest BCUT2D eigenvalue weighted by atomic mass is 16.5. The van der Waals surface area contributed by atoms with E-state index < -0.39 is 0 Å². The zero-order valence-corrected chi connectivity index (χ0v) is 21.4. The van der Waals surface area contributed by atoms with Crippen LogP contribution in [0.2, 0.25) is 0 Å². The van der Waals surface area contributed by atoms with Crippen LogP contribution in [-0.2, 0) is 9.59 Å². The second-order valence-corrected chi connectivity index (χ2v) is 9.46. The summed E-state index contributed by atoms with van der Waals surface area (Å²) in [5.74, 6) is 1.04. The molecule has 1 fully saturated rings. The van der Waals surface area contributed by atoms with Crippen LogP contribution in [0.1, 0.15) is 18.1 Å². The Bertz CT molecular complexity index is 1330. The Kier molecular flexibility index (Phi) is 6.86. The summed E-state index contributed by atoms with van der Waals surface area (Å²) in [5.41, 5.74) is 3.78. The first-order chi connectivity index (χ1) is 17.9. The van der Waals surface area contributed by atoms with Gasteiger partial charge in [0.05, 0.1) is 12.8 Å². The number of piperazine rings is 1. The van der Waals surface area contributed by atoms with E-state index in [1.54, 1.807) is 13.2 Å². The van der Waals surface area contributed by atoms with Crippen LogP contribution in [0.5, 0.6) is 11.5 Å². The second-order valence-electron chi connectivity index (χ2n) is 9.46. The van der Waals surface area contributed by atoms with Crippen molar-refractivity contribution in [1.29, 1.82) is 0 Å². The zero-order chi connectivity index (χ0) is 25.9. The van der Waals surface area contributed by atoms with E-state index in [0.29, 0.717) is 24.5 Å². The summed E-state index contributed by atoms with van der Waals surface area (Å²) in [6.45, 7) is 6.12. The largest absolute Gasteiger partial charge is 0.497 e. The van der Waals surface area contributed by atoms with Gasteiger partial charge in [-0.1, -0.05) is 36.4 Å².